The van der Waals surface area contributed by atoms with Gasteiger partial charge in [0.2, 0.25) is 0 Å². The van der Waals surface area contributed by atoms with Crippen molar-refractivity contribution in [2.24, 2.45) is 0 Å². The Kier molecular flexibility index (Phi) is 4.89. The highest BCUT2D eigenvalue weighted by atomic mass is 19.4. The van der Waals surface area contributed by atoms with Crippen LogP contribution in [0.2, 0.25) is 0 Å². The maximum absolute atomic E-state index is 12.8. The SMILES string of the molecule is O=C1Nc2cc(CN3CCN(c4ccc(C(F)(F)F)cc4)CC3)cn2C2CC=CC=C12. The molecule has 5 rings (SSSR count). The van der Waals surface area contributed by atoms with Crippen LogP contribution in [0, 0.1) is 0 Å². The number of aromatic nitrogens is 1. The molecule has 1 aliphatic carbocycles. The lowest BCUT2D eigenvalue weighted by Crippen LogP contribution is -2.45. The number of allylic oxidation sites excluding steroid dienone is 3. The molecule has 31 heavy (non-hydrogen) atoms. The van der Waals surface area contributed by atoms with Crippen LogP contribution in [0.25, 0.3) is 0 Å². The van der Waals surface area contributed by atoms with Crippen molar-refractivity contribution in [2.75, 3.05) is 36.4 Å². The zero-order valence-corrected chi connectivity index (χ0v) is 16.9. The maximum Gasteiger partial charge on any atom is 0.416 e. The van der Waals surface area contributed by atoms with Crippen LogP contribution in [0.15, 0.2) is 60.3 Å². The van der Waals surface area contributed by atoms with Gasteiger partial charge in [-0.2, -0.15) is 13.2 Å². The lowest BCUT2D eigenvalue weighted by atomic mass is 9.96. The summed E-state index contributed by atoms with van der Waals surface area (Å²) in [6, 6.07) is 7.48. The zero-order chi connectivity index (χ0) is 21.6. The molecule has 1 N–H and O–H groups in total. The fraction of sp³-hybridized carbons (Fsp3) is 0.348. The summed E-state index contributed by atoms with van der Waals surface area (Å²) in [5.41, 5.74) is 2.14. The third kappa shape index (κ3) is 3.87. The zero-order valence-electron chi connectivity index (χ0n) is 16.9. The van der Waals surface area contributed by atoms with Crippen molar-refractivity contribution in [1.29, 1.82) is 0 Å². The fourth-order valence-corrected chi connectivity index (χ4v) is 4.56. The predicted molar refractivity (Wildman–Crippen MR) is 113 cm³/mol. The molecule has 162 valence electrons. The first-order valence-electron chi connectivity index (χ1n) is 10.4. The van der Waals surface area contributed by atoms with Crippen molar-refractivity contribution in [3.8, 4) is 0 Å². The third-order valence-corrected chi connectivity index (χ3v) is 6.21. The molecular formula is C23H23F3N4O. The minimum Gasteiger partial charge on any atom is -0.369 e. The summed E-state index contributed by atoms with van der Waals surface area (Å²) in [5, 5.41) is 2.98. The Hall–Kier alpha value is -3.00. The number of nitrogens with one attached hydrogen (secondary N) is 1. The van der Waals surface area contributed by atoms with Crippen LogP contribution in [0.5, 0.6) is 0 Å². The highest BCUT2D eigenvalue weighted by molar-refractivity contribution is 6.06. The van der Waals surface area contributed by atoms with Gasteiger partial charge in [0.25, 0.3) is 5.91 Å². The smallest absolute Gasteiger partial charge is 0.369 e. The van der Waals surface area contributed by atoms with E-state index in [2.05, 4.69) is 32.0 Å². The van der Waals surface area contributed by atoms with Crippen molar-refractivity contribution in [3.63, 3.8) is 0 Å². The van der Waals surface area contributed by atoms with Crippen molar-refractivity contribution in [3.05, 3.63) is 71.5 Å². The minimum atomic E-state index is -4.31. The van der Waals surface area contributed by atoms with Gasteiger partial charge in [0.1, 0.15) is 5.82 Å². The molecule has 1 unspecified atom stereocenters. The lowest BCUT2D eigenvalue weighted by Gasteiger charge is -2.36. The van der Waals surface area contributed by atoms with E-state index in [0.29, 0.717) is 0 Å². The number of halogens is 3. The van der Waals surface area contributed by atoms with Crippen LogP contribution in [-0.4, -0.2) is 41.6 Å². The van der Waals surface area contributed by atoms with Crippen molar-refractivity contribution >= 4 is 17.4 Å². The average Bonchev–Trinajstić information content (AvgIpc) is 3.16. The Bertz CT molecular complexity index is 1040. The molecule has 3 aliphatic rings. The Morgan fingerprint density at radius 3 is 2.52 bits per heavy atom. The van der Waals surface area contributed by atoms with Crippen LogP contribution in [0.1, 0.15) is 23.6 Å². The molecule has 1 atom stereocenters. The Morgan fingerprint density at radius 1 is 1.06 bits per heavy atom. The third-order valence-electron chi connectivity index (χ3n) is 6.21. The predicted octanol–water partition coefficient (Wildman–Crippen LogP) is 4.21. The Morgan fingerprint density at radius 2 is 1.81 bits per heavy atom. The van der Waals surface area contributed by atoms with E-state index in [9.17, 15) is 18.0 Å². The minimum absolute atomic E-state index is 0.0309. The topological polar surface area (TPSA) is 40.5 Å². The number of nitrogens with zero attached hydrogens (tertiary/aromatic N) is 3. The Labute approximate surface area is 178 Å². The number of piperazine rings is 1. The molecule has 2 aliphatic heterocycles. The highest BCUT2D eigenvalue weighted by Gasteiger charge is 2.31. The van der Waals surface area contributed by atoms with E-state index in [1.54, 1.807) is 12.1 Å². The number of carbonyl (C=O) groups is 1. The summed E-state index contributed by atoms with van der Waals surface area (Å²) < 4.78 is 40.4. The van der Waals surface area contributed by atoms with Crippen LogP contribution in [0.3, 0.4) is 0 Å². The summed E-state index contributed by atoms with van der Waals surface area (Å²) in [7, 11) is 0. The average molecular weight is 428 g/mol. The molecule has 1 aromatic carbocycles. The van der Waals surface area contributed by atoms with Crippen LogP contribution < -0.4 is 10.2 Å². The van der Waals surface area contributed by atoms with E-state index >= 15 is 0 Å². The van der Waals surface area contributed by atoms with E-state index in [1.165, 1.54) is 0 Å². The van der Waals surface area contributed by atoms with Crippen molar-refractivity contribution in [1.82, 2.24) is 9.47 Å². The number of rotatable bonds is 3. The molecular weight excluding hydrogens is 405 g/mol. The first-order valence-corrected chi connectivity index (χ1v) is 10.4. The van der Waals surface area contributed by atoms with Gasteiger partial charge in [-0.15, -0.1) is 0 Å². The number of hydrogen-bond donors (Lipinski definition) is 1. The molecule has 0 spiro atoms. The summed E-state index contributed by atoms with van der Waals surface area (Å²) in [5.74, 6) is 0.803. The van der Waals surface area contributed by atoms with Gasteiger partial charge in [-0.05, 0) is 42.3 Å². The van der Waals surface area contributed by atoms with Gasteiger partial charge in [0.15, 0.2) is 0 Å². The van der Waals surface area contributed by atoms with Crippen LogP contribution in [-0.2, 0) is 17.5 Å². The monoisotopic (exact) mass is 428 g/mol. The number of fused-ring (bicyclic) bond motifs is 3. The largest absolute Gasteiger partial charge is 0.416 e. The van der Waals surface area contributed by atoms with E-state index < -0.39 is 11.7 Å². The van der Waals surface area contributed by atoms with E-state index in [4.69, 9.17) is 0 Å². The summed E-state index contributed by atoms with van der Waals surface area (Å²) in [4.78, 5) is 16.8. The van der Waals surface area contributed by atoms with Gasteiger partial charge in [0, 0.05) is 50.2 Å². The molecule has 1 fully saturated rings. The molecule has 0 saturated carbocycles. The number of alkyl halides is 3. The van der Waals surface area contributed by atoms with Crippen molar-refractivity contribution < 1.29 is 18.0 Å². The fourth-order valence-electron chi connectivity index (χ4n) is 4.56. The second-order valence-corrected chi connectivity index (χ2v) is 8.20. The second kappa shape index (κ2) is 7.60. The molecule has 2 aromatic rings. The van der Waals surface area contributed by atoms with Gasteiger partial charge in [-0.3, -0.25) is 9.69 Å². The van der Waals surface area contributed by atoms with Crippen molar-refractivity contribution in [2.45, 2.75) is 25.2 Å². The normalized spacial score (nSPS) is 21.4. The van der Waals surface area contributed by atoms with Gasteiger partial charge in [-0.1, -0.05) is 18.2 Å². The van der Waals surface area contributed by atoms with Crippen LogP contribution >= 0.6 is 0 Å². The second-order valence-electron chi connectivity index (χ2n) is 8.20. The molecule has 1 amide bonds. The summed E-state index contributed by atoms with van der Waals surface area (Å²) in [6.45, 7) is 3.95. The quantitative estimate of drug-likeness (QED) is 0.796. The molecule has 3 heterocycles. The lowest BCUT2D eigenvalue weighted by molar-refractivity contribution is -0.137. The van der Waals surface area contributed by atoms with E-state index in [-0.39, 0.29) is 11.9 Å². The summed E-state index contributed by atoms with van der Waals surface area (Å²) >= 11 is 0. The molecule has 8 heteroatoms. The number of anilines is 2. The molecule has 0 bridgehead atoms. The van der Waals surface area contributed by atoms with Gasteiger partial charge in [0.05, 0.1) is 11.6 Å². The first-order chi connectivity index (χ1) is 14.9. The standard InChI is InChI=1S/C23H23F3N4O/c24-23(25,26)17-5-7-18(8-6-17)29-11-9-28(10-12-29)14-16-13-21-27-22(31)19-3-1-2-4-20(19)30(21)15-16/h1-3,5-8,13,15,20H,4,9-12,14H2,(H,27,31). The number of carbonyl (C=O) groups excluding carboxylic acids is 1. The van der Waals surface area contributed by atoms with Gasteiger partial charge in [-0.25, -0.2) is 0 Å². The highest BCUT2D eigenvalue weighted by Crippen LogP contribution is 2.36. The van der Waals surface area contributed by atoms with E-state index in [1.807, 2.05) is 18.2 Å². The molecule has 1 aromatic heterocycles. The molecule has 5 nitrogen and oxygen atoms in total. The number of amides is 1. The molecule has 0 radical (unpaired) electrons. The number of benzene rings is 1. The maximum atomic E-state index is 12.8. The number of hydrogen-bond acceptors (Lipinski definition) is 3. The first kappa shape index (κ1) is 19.9. The Balaban J connectivity index is 1.22. The summed E-state index contributed by atoms with van der Waals surface area (Å²) in [6.07, 6.45) is 4.51. The van der Waals surface area contributed by atoms with Crippen LogP contribution in [0.4, 0.5) is 24.7 Å². The van der Waals surface area contributed by atoms with Gasteiger partial charge >= 0.3 is 6.18 Å². The van der Waals surface area contributed by atoms with Gasteiger partial charge < -0.3 is 14.8 Å². The van der Waals surface area contributed by atoms with E-state index in [0.717, 1.165) is 73.9 Å². The molecule has 1 saturated heterocycles.